The third-order valence-electron chi connectivity index (χ3n) is 8.18. The van der Waals surface area contributed by atoms with Crippen LogP contribution in [0, 0.1) is 0 Å². The van der Waals surface area contributed by atoms with Gasteiger partial charge in [-0.2, -0.15) is 0 Å². The topological polar surface area (TPSA) is 236 Å². The monoisotopic (exact) mass is 876 g/mol. The molecule has 17 heteroatoms. The zero-order valence-corrected chi connectivity index (χ0v) is 37.2. The van der Waals surface area contributed by atoms with Gasteiger partial charge < -0.3 is 19.8 Å². The third-order valence-corrected chi connectivity index (χ3v) is 9.54. The van der Waals surface area contributed by atoms with Crippen molar-refractivity contribution in [1.82, 2.24) is 6.15 Å². The molecule has 4 N–H and O–H groups in total. The molecule has 0 bridgehead atoms. The van der Waals surface area contributed by atoms with Crippen molar-refractivity contribution in [2.24, 2.45) is 0 Å². The quantitative estimate of drug-likeness (QED) is 0.0268. The van der Waals surface area contributed by atoms with Gasteiger partial charge in [-0.1, -0.05) is 194 Å². The van der Waals surface area contributed by atoms with E-state index in [1.165, 1.54) is 135 Å². The molecule has 0 unspecified atom stereocenters. The van der Waals surface area contributed by atoms with Gasteiger partial charge in [0.25, 0.3) is 0 Å². The van der Waals surface area contributed by atoms with E-state index in [-0.39, 0.29) is 43.0 Å². The van der Waals surface area contributed by atoms with Crippen LogP contribution < -0.4 is 6.15 Å². The van der Waals surface area contributed by atoms with Gasteiger partial charge in [-0.15, -0.1) is 0 Å². The molecule has 0 fully saturated rings. The molecule has 0 aliphatic heterocycles. The fraction of sp³-hybridized carbons (Fsp3) is 1.00. The smallest absolute Gasteiger partial charge is 0.726 e. The predicted octanol–water partition coefficient (Wildman–Crippen LogP) is 10.5. The van der Waals surface area contributed by atoms with Gasteiger partial charge in [0, 0.05) is 0 Å². The van der Waals surface area contributed by atoms with E-state index in [1.807, 2.05) is 0 Å². The number of quaternary nitrogens is 1. The van der Waals surface area contributed by atoms with Gasteiger partial charge in [0.15, 0.2) is 0 Å². The maximum Gasteiger partial charge on any atom is 2.00 e. The van der Waals surface area contributed by atoms with E-state index in [4.69, 9.17) is 0 Å². The average molecular weight is 878 g/mol. The van der Waals surface area contributed by atoms with Crippen LogP contribution in [0.15, 0.2) is 0 Å². The number of unbranched alkanes of at least 4 members (excludes halogenated alkanes) is 27. The normalized spacial score (nSPS) is 11.4. The standard InChI is InChI=1S/3C12H26O4S.Cu.H3N/c3*1-2-3-4-5-6-7-8-9-10-11-12-16-17(13,14)15;;/h3*2-12H2,1H3,(H,13,14,15);;1H3/q;;;+2;/p-2. The Morgan fingerprint density at radius 2 is 0.434 bits per heavy atom. The van der Waals surface area contributed by atoms with Crippen molar-refractivity contribution in [2.75, 3.05) is 19.8 Å². The summed E-state index contributed by atoms with van der Waals surface area (Å²) in [6.07, 6.45) is 35.1. The van der Waals surface area contributed by atoms with Crippen LogP contribution in [0.1, 0.15) is 213 Å². The molecule has 0 saturated carbocycles. The summed E-state index contributed by atoms with van der Waals surface area (Å²) < 4.78 is 103. The first kappa shape index (κ1) is 62.3. The Bertz CT molecular complexity index is 890. The first-order valence-corrected chi connectivity index (χ1v) is 24.0. The van der Waals surface area contributed by atoms with Crippen LogP contribution in [0.25, 0.3) is 0 Å². The minimum absolute atomic E-state index is 0. The Labute approximate surface area is 337 Å². The zero-order valence-electron chi connectivity index (χ0n) is 33.8. The summed E-state index contributed by atoms with van der Waals surface area (Å²) in [6, 6.07) is 0. The fourth-order valence-corrected chi connectivity index (χ4v) is 6.22. The summed E-state index contributed by atoms with van der Waals surface area (Å²) >= 11 is 0. The van der Waals surface area contributed by atoms with Gasteiger partial charge in [-0.25, -0.2) is 25.3 Å². The molecule has 0 heterocycles. The van der Waals surface area contributed by atoms with Crippen LogP contribution in [0.3, 0.4) is 0 Å². The average Bonchev–Trinajstić information content (AvgIpc) is 3.04. The molecule has 13 nitrogen and oxygen atoms in total. The van der Waals surface area contributed by atoms with Crippen molar-refractivity contribution < 1.29 is 68.5 Å². The Hall–Kier alpha value is 0.0895. The van der Waals surface area contributed by atoms with E-state index < -0.39 is 31.2 Å². The molecular weight excluding hydrogens is 798 g/mol. The summed E-state index contributed by atoms with van der Waals surface area (Å²) in [6.45, 7) is 6.73. The van der Waals surface area contributed by atoms with Crippen LogP contribution in [-0.2, 0) is 60.8 Å². The zero-order chi connectivity index (χ0) is 39.0. The van der Waals surface area contributed by atoms with E-state index in [1.54, 1.807) is 0 Å². The number of rotatable bonds is 36. The summed E-state index contributed by atoms with van der Waals surface area (Å²) in [7, 11) is -13.5. The number of hydrogen-bond acceptors (Lipinski definition) is 12. The summed E-state index contributed by atoms with van der Waals surface area (Å²) in [5.41, 5.74) is 0. The van der Waals surface area contributed by atoms with Gasteiger partial charge in [-0.3, -0.25) is 12.5 Å². The van der Waals surface area contributed by atoms with Crippen LogP contribution in [0.5, 0.6) is 0 Å². The first-order chi connectivity index (χ1) is 24.2. The second-order valence-corrected chi connectivity index (χ2v) is 16.4. The molecule has 0 aromatic rings. The summed E-state index contributed by atoms with van der Waals surface area (Å²) in [5.74, 6) is 0. The van der Waals surface area contributed by atoms with Crippen LogP contribution >= 0.6 is 0 Å². The van der Waals surface area contributed by atoms with Gasteiger partial charge in [0.05, 0.1) is 19.8 Å². The number of hydrogen-bond donors (Lipinski definition) is 1. The Morgan fingerprint density at radius 3 is 0.566 bits per heavy atom. The second-order valence-electron chi connectivity index (χ2n) is 13.2. The molecule has 0 rings (SSSR count). The molecule has 0 amide bonds. The molecule has 0 aliphatic carbocycles. The third kappa shape index (κ3) is 73.8. The minimum atomic E-state index is -4.48. The van der Waals surface area contributed by atoms with Crippen LogP contribution in [0.2, 0.25) is 0 Å². The SMILES string of the molecule is CCCCCCCCCCCCOS(=O)(=O)[O-].CCCCCCCCCCCCOS(=O)(=O)[O-].CCCCCCCCCCCCOS(=O)(=O)[O-].[Cu+2].[NH4+]. The predicted molar refractivity (Wildman–Crippen MR) is 208 cm³/mol. The van der Waals surface area contributed by atoms with E-state index in [2.05, 4.69) is 33.3 Å². The van der Waals surface area contributed by atoms with Crippen molar-refractivity contribution in [1.29, 1.82) is 0 Å². The molecular formula is C36H79CuNO12S3. The molecule has 53 heavy (non-hydrogen) atoms. The largest absolute Gasteiger partial charge is 2.00 e. The van der Waals surface area contributed by atoms with Gasteiger partial charge in [0.1, 0.15) is 0 Å². The molecule has 0 aromatic heterocycles. The molecule has 0 spiro atoms. The van der Waals surface area contributed by atoms with Gasteiger partial charge in [-0.05, 0) is 19.3 Å². The molecule has 329 valence electrons. The van der Waals surface area contributed by atoms with Crippen molar-refractivity contribution in [2.45, 2.75) is 213 Å². The van der Waals surface area contributed by atoms with Crippen LogP contribution in [0.4, 0.5) is 0 Å². The molecule has 1 radical (unpaired) electrons. The van der Waals surface area contributed by atoms with Gasteiger partial charge in [0.2, 0.25) is 31.2 Å². The van der Waals surface area contributed by atoms with Crippen molar-refractivity contribution in [3.05, 3.63) is 0 Å². The van der Waals surface area contributed by atoms with E-state index in [0.717, 1.165) is 38.5 Å². The Morgan fingerprint density at radius 1 is 0.302 bits per heavy atom. The minimum Gasteiger partial charge on any atom is -0.726 e. The van der Waals surface area contributed by atoms with Crippen molar-refractivity contribution in [3.8, 4) is 0 Å². The summed E-state index contributed by atoms with van der Waals surface area (Å²) in [5, 5.41) is 0. The second kappa shape index (κ2) is 46.5. The van der Waals surface area contributed by atoms with Gasteiger partial charge >= 0.3 is 17.1 Å². The molecule has 0 aliphatic rings. The Balaban J connectivity index is -0.000000213. The van der Waals surface area contributed by atoms with Crippen molar-refractivity contribution >= 4 is 31.2 Å². The molecule has 0 saturated heterocycles. The molecule has 0 aromatic carbocycles. The van der Waals surface area contributed by atoms with Crippen LogP contribution in [-0.4, -0.2) is 58.7 Å². The first-order valence-electron chi connectivity index (χ1n) is 20.0. The Kier molecular flexibility index (Phi) is 54.6. The maximum absolute atomic E-state index is 10.1. The summed E-state index contributed by atoms with van der Waals surface area (Å²) in [4.78, 5) is 0. The fourth-order valence-electron chi connectivity index (χ4n) is 5.25. The maximum atomic E-state index is 10.1. The van der Waals surface area contributed by atoms with E-state index in [9.17, 15) is 38.9 Å². The van der Waals surface area contributed by atoms with Crippen molar-refractivity contribution in [3.63, 3.8) is 0 Å². The van der Waals surface area contributed by atoms with E-state index >= 15 is 0 Å². The van der Waals surface area contributed by atoms with E-state index in [0.29, 0.717) is 19.3 Å². The molecule has 0 atom stereocenters.